The minimum Gasteiger partial charge on any atom is -0.399 e. The van der Waals surface area contributed by atoms with Gasteiger partial charge in [0, 0.05) is 24.8 Å². The molecule has 92 valence electrons. The van der Waals surface area contributed by atoms with Crippen LogP contribution in [0.1, 0.15) is 17.3 Å². The molecule has 0 atom stereocenters. The molecule has 0 radical (unpaired) electrons. The number of anilines is 1. The van der Waals surface area contributed by atoms with Crippen LogP contribution in [0.3, 0.4) is 0 Å². The lowest BCUT2D eigenvalue weighted by atomic mass is 10.2. The van der Waals surface area contributed by atoms with Crippen LogP contribution in [0.15, 0.2) is 24.3 Å². The summed E-state index contributed by atoms with van der Waals surface area (Å²) in [7, 11) is 1.54. The van der Waals surface area contributed by atoms with Crippen LogP contribution in [0, 0.1) is 0 Å². The highest BCUT2D eigenvalue weighted by atomic mass is 16.2. The Labute approximate surface area is 101 Å². The quantitative estimate of drug-likeness (QED) is 0.745. The molecule has 0 fully saturated rings. The summed E-state index contributed by atoms with van der Waals surface area (Å²) in [6.45, 7) is 2.36. The number of likely N-dealkylation sites (N-methyl/N-ethyl adjacent to an activating group) is 2. The summed E-state index contributed by atoms with van der Waals surface area (Å²) in [4.78, 5) is 24.8. The molecule has 17 heavy (non-hydrogen) atoms. The van der Waals surface area contributed by atoms with Crippen molar-refractivity contribution in [1.29, 1.82) is 0 Å². The van der Waals surface area contributed by atoms with E-state index >= 15 is 0 Å². The monoisotopic (exact) mass is 235 g/mol. The van der Waals surface area contributed by atoms with Crippen molar-refractivity contribution in [2.24, 2.45) is 0 Å². The molecule has 2 amide bonds. The number of hydrogen-bond acceptors (Lipinski definition) is 3. The molecule has 0 saturated carbocycles. The number of carbonyl (C=O) groups is 2. The lowest BCUT2D eigenvalue weighted by molar-refractivity contribution is -0.121. The fourth-order valence-electron chi connectivity index (χ4n) is 1.43. The molecule has 1 aromatic carbocycles. The lowest BCUT2D eigenvalue weighted by Crippen LogP contribution is -2.39. The smallest absolute Gasteiger partial charge is 0.254 e. The molecular formula is C12H17N3O2. The highest BCUT2D eigenvalue weighted by Gasteiger charge is 2.16. The molecule has 0 unspecified atom stereocenters. The number of rotatable bonds is 4. The van der Waals surface area contributed by atoms with Crippen LogP contribution < -0.4 is 11.1 Å². The van der Waals surface area contributed by atoms with Crippen molar-refractivity contribution in [3.63, 3.8) is 0 Å². The van der Waals surface area contributed by atoms with Gasteiger partial charge in [-0.2, -0.15) is 0 Å². The molecule has 0 aliphatic rings. The van der Waals surface area contributed by atoms with Gasteiger partial charge in [-0.25, -0.2) is 0 Å². The van der Waals surface area contributed by atoms with E-state index in [1.807, 2.05) is 6.92 Å². The van der Waals surface area contributed by atoms with E-state index in [1.54, 1.807) is 31.3 Å². The van der Waals surface area contributed by atoms with Gasteiger partial charge in [0.1, 0.15) is 0 Å². The summed E-state index contributed by atoms with van der Waals surface area (Å²) in [5.74, 6) is -0.382. The van der Waals surface area contributed by atoms with E-state index in [0.717, 1.165) is 0 Å². The molecule has 0 spiro atoms. The maximum atomic E-state index is 12.1. The number of nitrogens with zero attached hydrogens (tertiary/aromatic N) is 1. The summed E-state index contributed by atoms with van der Waals surface area (Å²) in [5, 5.41) is 2.49. The van der Waals surface area contributed by atoms with Gasteiger partial charge in [0.25, 0.3) is 5.91 Å². The Balaban J connectivity index is 2.82. The normalized spacial score (nSPS) is 9.76. The summed E-state index contributed by atoms with van der Waals surface area (Å²) < 4.78 is 0. The van der Waals surface area contributed by atoms with Crippen LogP contribution in [0.2, 0.25) is 0 Å². The lowest BCUT2D eigenvalue weighted by Gasteiger charge is -2.20. The largest absolute Gasteiger partial charge is 0.399 e. The zero-order valence-electron chi connectivity index (χ0n) is 10.1. The average Bonchev–Trinajstić information content (AvgIpc) is 2.34. The molecular weight excluding hydrogens is 218 g/mol. The van der Waals surface area contributed by atoms with Gasteiger partial charge in [-0.1, -0.05) is 6.07 Å². The Kier molecular flexibility index (Phi) is 4.51. The second kappa shape index (κ2) is 5.89. The SMILES string of the molecule is CCN(CC(=O)NC)C(=O)c1cccc(N)c1. The average molecular weight is 235 g/mol. The van der Waals surface area contributed by atoms with Crippen molar-refractivity contribution >= 4 is 17.5 Å². The molecule has 5 heteroatoms. The van der Waals surface area contributed by atoms with Gasteiger partial charge in [0.05, 0.1) is 6.54 Å². The van der Waals surface area contributed by atoms with E-state index in [2.05, 4.69) is 5.32 Å². The first-order valence-electron chi connectivity index (χ1n) is 5.44. The molecule has 0 heterocycles. The molecule has 0 aliphatic carbocycles. The summed E-state index contributed by atoms with van der Waals surface area (Å²) in [6.07, 6.45) is 0. The van der Waals surface area contributed by atoms with Crippen LogP contribution in [0.5, 0.6) is 0 Å². The van der Waals surface area contributed by atoms with E-state index in [-0.39, 0.29) is 18.4 Å². The Hall–Kier alpha value is -2.04. The first-order valence-corrected chi connectivity index (χ1v) is 5.44. The van der Waals surface area contributed by atoms with Crippen LogP contribution >= 0.6 is 0 Å². The van der Waals surface area contributed by atoms with Crippen LogP contribution in [0.25, 0.3) is 0 Å². The number of nitrogen functional groups attached to an aromatic ring is 1. The molecule has 1 aromatic rings. The van der Waals surface area contributed by atoms with Gasteiger partial charge in [0.2, 0.25) is 5.91 Å². The Morgan fingerprint density at radius 1 is 1.41 bits per heavy atom. The van der Waals surface area contributed by atoms with E-state index < -0.39 is 0 Å². The molecule has 0 saturated heterocycles. The number of carbonyl (C=O) groups excluding carboxylic acids is 2. The molecule has 0 bridgehead atoms. The number of nitrogens with two attached hydrogens (primary N) is 1. The predicted octanol–water partition coefficient (Wildman–Crippen LogP) is 0.477. The Morgan fingerprint density at radius 3 is 2.65 bits per heavy atom. The van der Waals surface area contributed by atoms with Crippen LogP contribution in [0.4, 0.5) is 5.69 Å². The topological polar surface area (TPSA) is 75.4 Å². The zero-order valence-corrected chi connectivity index (χ0v) is 10.1. The van der Waals surface area contributed by atoms with Gasteiger partial charge >= 0.3 is 0 Å². The number of benzene rings is 1. The van der Waals surface area contributed by atoms with Crippen molar-refractivity contribution in [2.75, 3.05) is 25.9 Å². The van der Waals surface area contributed by atoms with Crippen LogP contribution in [-0.2, 0) is 4.79 Å². The van der Waals surface area contributed by atoms with Gasteiger partial charge in [-0.15, -0.1) is 0 Å². The molecule has 5 nitrogen and oxygen atoms in total. The summed E-state index contributed by atoms with van der Waals surface area (Å²) in [6, 6.07) is 6.72. The van der Waals surface area contributed by atoms with E-state index in [1.165, 1.54) is 4.90 Å². The fourth-order valence-corrected chi connectivity index (χ4v) is 1.43. The molecule has 1 rings (SSSR count). The van der Waals surface area contributed by atoms with Gasteiger partial charge in [-0.05, 0) is 25.1 Å². The third-order valence-corrected chi connectivity index (χ3v) is 2.42. The standard InChI is InChI=1S/C12H17N3O2/c1-3-15(8-11(16)14-2)12(17)9-5-4-6-10(13)7-9/h4-7H,3,8,13H2,1-2H3,(H,14,16). The number of nitrogens with one attached hydrogen (secondary N) is 1. The Morgan fingerprint density at radius 2 is 2.12 bits per heavy atom. The molecule has 0 aromatic heterocycles. The minimum atomic E-state index is -0.191. The van der Waals surface area contributed by atoms with Crippen molar-refractivity contribution < 1.29 is 9.59 Å². The van der Waals surface area contributed by atoms with E-state index in [0.29, 0.717) is 17.8 Å². The van der Waals surface area contributed by atoms with Gasteiger partial charge < -0.3 is 16.0 Å². The maximum Gasteiger partial charge on any atom is 0.254 e. The summed E-state index contributed by atoms with van der Waals surface area (Å²) >= 11 is 0. The molecule has 0 aliphatic heterocycles. The molecule has 3 N–H and O–H groups in total. The number of hydrogen-bond donors (Lipinski definition) is 2. The third-order valence-electron chi connectivity index (χ3n) is 2.42. The predicted molar refractivity (Wildman–Crippen MR) is 66.5 cm³/mol. The first-order chi connectivity index (χ1) is 8.08. The highest BCUT2D eigenvalue weighted by Crippen LogP contribution is 2.09. The summed E-state index contributed by atoms with van der Waals surface area (Å²) in [5.41, 5.74) is 6.65. The second-order valence-corrected chi connectivity index (χ2v) is 3.62. The van der Waals surface area contributed by atoms with Crippen LogP contribution in [-0.4, -0.2) is 36.9 Å². The zero-order chi connectivity index (χ0) is 12.8. The maximum absolute atomic E-state index is 12.1. The van der Waals surface area contributed by atoms with Gasteiger partial charge in [-0.3, -0.25) is 9.59 Å². The van der Waals surface area contributed by atoms with Crippen molar-refractivity contribution in [2.45, 2.75) is 6.92 Å². The van der Waals surface area contributed by atoms with E-state index in [9.17, 15) is 9.59 Å². The highest BCUT2D eigenvalue weighted by molar-refractivity contribution is 5.97. The second-order valence-electron chi connectivity index (χ2n) is 3.62. The minimum absolute atomic E-state index is 0.0562. The van der Waals surface area contributed by atoms with Gasteiger partial charge in [0.15, 0.2) is 0 Å². The third kappa shape index (κ3) is 3.48. The Bertz CT molecular complexity index is 418. The van der Waals surface area contributed by atoms with Crippen molar-refractivity contribution in [1.82, 2.24) is 10.2 Å². The van der Waals surface area contributed by atoms with E-state index in [4.69, 9.17) is 5.73 Å². The fraction of sp³-hybridized carbons (Fsp3) is 0.333. The number of amides is 2. The first kappa shape index (κ1) is 13.0. The van der Waals surface area contributed by atoms with Crippen molar-refractivity contribution in [3.8, 4) is 0 Å². The van der Waals surface area contributed by atoms with Crippen molar-refractivity contribution in [3.05, 3.63) is 29.8 Å².